The van der Waals surface area contributed by atoms with Crippen LogP contribution in [0.5, 0.6) is 0 Å². The maximum absolute atomic E-state index is 4.98. The highest BCUT2D eigenvalue weighted by molar-refractivity contribution is 8.25. The first-order valence-electron chi connectivity index (χ1n) is 3.01. The Morgan fingerprint density at radius 3 is 3.40 bits per heavy atom. The Hall–Kier alpha value is -0.260. The molecule has 2 aliphatic heterocycles. The van der Waals surface area contributed by atoms with E-state index >= 15 is 0 Å². The first kappa shape index (κ1) is 6.45. The van der Waals surface area contributed by atoms with Crippen molar-refractivity contribution in [1.82, 2.24) is 16.0 Å². The van der Waals surface area contributed by atoms with Crippen LogP contribution in [0.25, 0.3) is 0 Å². The number of nitrogens with one attached hydrogen (secondary N) is 3. The Morgan fingerprint density at radius 2 is 2.60 bits per heavy atom. The standard InChI is InChI=1S/C5H7N3S2/c9-5-8-4-3(10-5)1-6-2-7-4/h1,4,6-7H,2H2,(H,8,9). The van der Waals surface area contributed by atoms with Crippen molar-refractivity contribution in [1.29, 1.82) is 0 Å². The van der Waals surface area contributed by atoms with E-state index in [2.05, 4.69) is 16.0 Å². The molecular weight excluding hydrogens is 166 g/mol. The van der Waals surface area contributed by atoms with E-state index < -0.39 is 0 Å². The first-order chi connectivity index (χ1) is 4.86. The van der Waals surface area contributed by atoms with Crippen molar-refractivity contribution in [3.8, 4) is 0 Å². The van der Waals surface area contributed by atoms with Crippen LogP contribution < -0.4 is 16.0 Å². The van der Waals surface area contributed by atoms with Crippen LogP contribution in [0.15, 0.2) is 11.1 Å². The Balaban J connectivity index is 2.20. The van der Waals surface area contributed by atoms with E-state index in [1.54, 1.807) is 11.8 Å². The van der Waals surface area contributed by atoms with Crippen molar-refractivity contribution in [2.24, 2.45) is 0 Å². The molecule has 0 spiro atoms. The Morgan fingerprint density at radius 1 is 1.70 bits per heavy atom. The summed E-state index contributed by atoms with van der Waals surface area (Å²) in [5.74, 6) is 0. The molecule has 0 aromatic heterocycles. The second kappa shape index (κ2) is 2.41. The van der Waals surface area contributed by atoms with Gasteiger partial charge in [0.25, 0.3) is 0 Å². The van der Waals surface area contributed by atoms with Gasteiger partial charge in [-0.15, -0.1) is 0 Å². The van der Waals surface area contributed by atoms with Crippen molar-refractivity contribution < 1.29 is 0 Å². The Bertz CT molecular complexity index is 201. The number of hydrogen-bond acceptors (Lipinski definition) is 4. The fraction of sp³-hybridized carbons (Fsp3) is 0.400. The molecule has 1 fully saturated rings. The SMILES string of the molecule is S=C1NC2NCNC=C2S1. The van der Waals surface area contributed by atoms with Crippen LogP contribution >= 0.6 is 24.0 Å². The lowest BCUT2D eigenvalue weighted by Crippen LogP contribution is -2.46. The second-order valence-corrected chi connectivity index (χ2v) is 3.85. The Kier molecular flexibility index (Phi) is 1.55. The monoisotopic (exact) mass is 173 g/mol. The third-order valence-electron chi connectivity index (χ3n) is 1.41. The summed E-state index contributed by atoms with van der Waals surface area (Å²) in [5.41, 5.74) is 0. The van der Waals surface area contributed by atoms with Gasteiger partial charge in [-0.2, -0.15) is 0 Å². The molecule has 1 atom stereocenters. The van der Waals surface area contributed by atoms with Crippen molar-refractivity contribution in [3.63, 3.8) is 0 Å². The van der Waals surface area contributed by atoms with Crippen LogP contribution in [0.3, 0.4) is 0 Å². The molecule has 0 saturated carbocycles. The second-order valence-electron chi connectivity index (χ2n) is 2.10. The van der Waals surface area contributed by atoms with E-state index in [1.165, 1.54) is 4.91 Å². The van der Waals surface area contributed by atoms with Crippen molar-refractivity contribution in [2.75, 3.05) is 6.67 Å². The van der Waals surface area contributed by atoms with Gasteiger partial charge in [-0.05, 0) is 0 Å². The lowest BCUT2D eigenvalue weighted by atomic mass is 10.4. The predicted molar refractivity (Wildman–Crippen MR) is 46.3 cm³/mol. The molecule has 2 heterocycles. The summed E-state index contributed by atoms with van der Waals surface area (Å²) in [4.78, 5) is 1.23. The summed E-state index contributed by atoms with van der Waals surface area (Å²) in [7, 11) is 0. The average molecular weight is 173 g/mol. The fourth-order valence-electron chi connectivity index (χ4n) is 0.961. The van der Waals surface area contributed by atoms with Gasteiger partial charge in [-0.25, -0.2) is 0 Å². The highest BCUT2D eigenvalue weighted by atomic mass is 32.2. The molecule has 0 bridgehead atoms. The van der Waals surface area contributed by atoms with E-state index in [1.807, 2.05) is 6.20 Å². The van der Waals surface area contributed by atoms with E-state index in [-0.39, 0.29) is 6.17 Å². The highest BCUT2D eigenvalue weighted by Gasteiger charge is 2.25. The average Bonchev–Trinajstić information content (AvgIpc) is 2.27. The van der Waals surface area contributed by atoms with Gasteiger partial charge in [0.2, 0.25) is 0 Å². The lowest BCUT2D eigenvalue weighted by molar-refractivity contribution is 0.525. The fourth-order valence-corrected chi connectivity index (χ4v) is 2.16. The van der Waals surface area contributed by atoms with Gasteiger partial charge in [-0.3, -0.25) is 5.32 Å². The summed E-state index contributed by atoms with van der Waals surface area (Å²) < 4.78 is 0.854. The number of thiocarbonyl (C=S) groups is 1. The molecule has 5 heteroatoms. The van der Waals surface area contributed by atoms with Crippen LogP contribution in [0.1, 0.15) is 0 Å². The van der Waals surface area contributed by atoms with Gasteiger partial charge in [0.1, 0.15) is 10.5 Å². The smallest absolute Gasteiger partial charge is 0.139 e. The summed E-state index contributed by atoms with van der Waals surface area (Å²) >= 11 is 6.58. The molecule has 3 nitrogen and oxygen atoms in total. The van der Waals surface area contributed by atoms with Crippen molar-refractivity contribution in [2.45, 2.75) is 6.17 Å². The zero-order chi connectivity index (χ0) is 6.97. The molecule has 0 aromatic rings. The van der Waals surface area contributed by atoms with Gasteiger partial charge in [0.15, 0.2) is 0 Å². The van der Waals surface area contributed by atoms with Crippen LogP contribution in [0, 0.1) is 0 Å². The summed E-state index contributed by atoms with van der Waals surface area (Å²) in [5, 5.41) is 9.43. The normalized spacial score (nSPS) is 30.2. The van der Waals surface area contributed by atoms with Gasteiger partial charge in [0, 0.05) is 11.1 Å². The van der Waals surface area contributed by atoms with E-state index in [4.69, 9.17) is 12.2 Å². The molecule has 0 radical (unpaired) electrons. The molecule has 2 rings (SSSR count). The third kappa shape index (κ3) is 1.00. The zero-order valence-corrected chi connectivity index (χ0v) is 6.81. The molecule has 10 heavy (non-hydrogen) atoms. The molecule has 0 amide bonds. The minimum absolute atomic E-state index is 0.263. The molecule has 1 saturated heterocycles. The first-order valence-corrected chi connectivity index (χ1v) is 4.24. The van der Waals surface area contributed by atoms with Crippen LogP contribution in [0.2, 0.25) is 0 Å². The van der Waals surface area contributed by atoms with Crippen LogP contribution in [-0.2, 0) is 0 Å². The molecular formula is C5H7N3S2. The molecule has 0 aliphatic carbocycles. The summed E-state index contributed by atoms with van der Waals surface area (Å²) in [6.07, 6.45) is 2.26. The molecule has 2 aliphatic rings. The summed E-state index contributed by atoms with van der Waals surface area (Å²) in [6, 6.07) is 0. The molecule has 54 valence electrons. The van der Waals surface area contributed by atoms with Crippen molar-refractivity contribution in [3.05, 3.63) is 11.1 Å². The molecule has 3 N–H and O–H groups in total. The van der Waals surface area contributed by atoms with Crippen LogP contribution in [0.4, 0.5) is 0 Å². The highest BCUT2D eigenvalue weighted by Crippen LogP contribution is 2.26. The predicted octanol–water partition coefficient (Wildman–Crippen LogP) is -0.0745. The number of rotatable bonds is 0. The largest absolute Gasteiger partial charge is 0.378 e. The topological polar surface area (TPSA) is 36.1 Å². The van der Waals surface area contributed by atoms with E-state index in [0.717, 1.165) is 11.0 Å². The van der Waals surface area contributed by atoms with E-state index in [0.29, 0.717) is 0 Å². The van der Waals surface area contributed by atoms with E-state index in [9.17, 15) is 0 Å². The third-order valence-corrected chi connectivity index (χ3v) is 2.67. The molecule has 0 aromatic carbocycles. The zero-order valence-electron chi connectivity index (χ0n) is 5.18. The van der Waals surface area contributed by atoms with Gasteiger partial charge >= 0.3 is 0 Å². The minimum atomic E-state index is 0.263. The number of hydrogen-bond donors (Lipinski definition) is 3. The number of thioether (sulfide) groups is 1. The maximum Gasteiger partial charge on any atom is 0.139 e. The molecule has 1 unspecified atom stereocenters. The van der Waals surface area contributed by atoms with Crippen LogP contribution in [-0.4, -0.2) is 17.2 Å². The minimum Gasteiger partial charge on any atom is -0.378 e. The lowest BCUT2D eigenvalue weighted by Gasteiger charge is -2.18. The Labute approximate surface area is 68.6 Å². The van der Waals surface area contributed by atoms with Gasteiger partial charge < -0.3 is 10.6 Å². The van der Waals surface area contributed by atoms with Crippen molar-refractivity contribution >= 4 is 28.3 Å². The quantitative estimate of drug-likeness (QED) is 0.447. The number of fused-ring (bicyclic) bond motifs is 1. The summed E-state index contributed by atoms with van der Waals surface area (Å²) in [6.45, 7) is 0.810. The maximum atomic E-state index is 4.98. The van der Waals surface area contributed by atoms with Gasteiger partial charge in [0.05, 0.1) is 6.67 Å². The van der Waals surface area contributed by atoms with Gasteiger partial charge in [-0.1, -0.05) is 24.0 Å².